The van der Waals surface area contributed by atoms with E-state index in [0.717, 1.165) is 6.26 Å². The molecule has 12 nitrogen and oxygen atoms in total. The summed E-state index contributed by atoms with van der Waals surface area (Å²) in [5, 5.41) is 2.96. The predicted molar refractivity (Wildman–Crippen MR) is 150 cm³/mol. The molecule has 3 rings (SSSR count). The number of aromatic nitrogens is 2. The lowest BCUT2D eigenvalue weighted by molar-refractivity contribution is -0.155. The van der Waals surface area contributed by atoms with E-state index in [1.54, 1.807) is 31.9 Å². The van der Waals surface area contributed by atoms with Crippen molar-refractivity contribution < 1.29 is 32.3 Å². The van der Waals surface area contributed by atoms with E-state index >= 15 is 0 Å². The average molecular weight is 584 g/mol. The Morgan fingerprint density at radius 1 is 0.975 bits per heavy atom. The molecule has 0 radical (unpaired) electrons. The largest absolute Gasteiger partial charge is 0.459 e. The van der Waals surface area contributed by atoms with Crippen LogP contribution in [0.15, 0.2) is 12.4 Å². The lowest BCUT2D eigenvalue weighted by Crippen LogP contribution is -2.46. The number of nitrogens with zero attached hydrogens (tertiary/aromatic N) is 4. The molecular weight excluding hydrogens is 538 g/mol. The highest BCUT2D eigenvalue weighted by Crippen LogP contribution is 2.31. The number of carbonyl (C=O) groups is 3. The molecule has 2 heterocycles. The van der Waals surface area contributed by atoms with Gasteiger partial charge in [-0.25, -0.2) is 18.2 Å². The maximum Gasteiger partial charge on any atom is 0.410 e. The van der Waals surface area contributed by atoms with Crippen LogP contribution in [-0.2, 0) is 29.1 Å². The normalized spacial score (nSPS) is 21.2. The van der Waals surface area contributed by atoms with E-state index < -0.39 is 27.2 Å². The number of hydrogen-bond acceptors (Lipinski definition) is 8. The minimum Gasteiger partial charge on any atom is -0.459 e. The first kappa shape index (κ1) is 31.9. The molecular formula is C27H45N5O7S. The highest BCUT2D eigenvalue weighted by atomic mass is 32.2. The van der Waals surface area contributed by atoms with E-state index in [2.05, 4.69) is 10.3 Å². The third-order valence-electron chi connectivity index (χ3n) is 7.02. The maximum atomic E-state index is 13.1. The number of esters is 1. The van der Waals surface area contributed by atoms with Gasteiger partial charge in [-0.2, -0.15) is 4.31 Å². The van der Waals surface area contributed by atoms with Crippen LogP contribution < -0.4 is 5.32 Å². The molecule has 1 aliphatic heterocycles. The van der Waals surface area contributed by atoms with E-state index in [0.29, 0.717) is 57.6 Å². The molecule has 0 bridgehead atoms. The Hall–Kier alpha value is -2.67. The average Bonchev–Trinajstić information content (AvgIpc) is 3.28. The molecule has 13 heteroatoms. The van der Waals surface area contributed by atoms with Gasteiger partial charge in [0.25, 0.3) is 0 Å². The molecule has 1 N–H and O–H groups in total. The number of hydrogen-bond donors (Lipinski definition) is 1. The summed E-state index contributed by atoms with van der Waals surface area (Å²) in [6, 6.07) is -0.285. The number of ether oxygens (including phenoxy) is 2. The van der Waals surface area contributed by atoms with E-state index in [1.165, 1.54) is 4.31 Å². The van der Waals surface area contributed by atoms with Crippen LogP contribution in [0.2, 0.25) is 0 Å². The second-order valence-corrected chi connectivity index (χ2v) is 14.7. The molecule has 1 aromatic heterocycles. The van der Waals surface area contributed by atoms with Gasteiger partial charge in [0.05, 0.1) is 6.26 Å². The second kappa shape index (κ2) is 12.5. The van der Waals surface area contributed by atoms with Gasteiger partial charge < -0.3 is 18.9 Å². The molecule has 1 aliphatic carbocycles. The van der Waals surface area contributed by atoms with Gasteiger partial charge in [0.2, 0.25) is 21.9 Å². The third-order valence-corrected chi connectivity index (χ3v) is 8.30. The first-order valence-electron chi connectivity index (χ1n) is 13.9. The van der Waals surface area contributed by atoms with Crippen LogP contribution in [0.4, 0.5) is 10.7 Å². The van der Waals surface area contributed by atoms with Crippen molar-refractivity contribution in [2.24, 2.45) is 5.92 Å². The molecule has 1 saturated heterocycles. The van der Waals surface area contributed by atoms with Crippen LogP contribution in [0.25, 0.3) is 0 Å². The van der Waals surface area contributed by atoms with Gasteiger partial charge in [0.15, 0.2) is 0 Å². The molecule has 0 spiro atoms. The van der Waals surface area contributed by atoms with Crippen molar-refractivity contribution in [3.63, 3.8) is 0 Å². The van der Waals surface area contributed by atoms with Crippen LogP contribution in [0.1, 0.15) is 86.1 Å². The summed E-state index contributed by atoms with van der Waals surface area (Å²) in [7, 11) is -3.64. The van der Waals surface area contributed by atoms with Crippen molar-refractivity contribution in [2.75, 3.05) is 31.2 Å². The summed E-state index contributed by atoms with van der Waals surface area (Å²) in [5.41, 5.74) is -1.26. The Kier molecular flexibility index (Phi) is 9.92. The number of amides is 2. The van der Waals surface area contributed by atoms with Crippen LogP contribution in [0.5, 0.6) is 0 Å². The van der Waals surface area contributed by atoms with Gasteiger partial charge in [0, 0.05) is 43.5 Å². The van der Waals surface area contributed by atoms with Gasteiger partial charge >= 0.3 is 12.1 Å². The molecule has 0 aromatic carbocycles. The van der Waals surface area contributed by atoms with Gasteiger partial charge in [-0.1, -0.05) is 0 Å². The molecule has 40 heavy (non-hydrogen) atoms. The fourth-order valence-corrected chi connectivity index (χ4v) is 6.31. The van der Waals surface area contributed by atoms with Gasteiger partial charge in [-0.15, -0.1) is 0 Å². The van der Waals surface area contributed by atoms with Crippen molar-refractivity contribution >= 4 is 33.9 Å². The highest BCUT2D eigenvalue weighted by Gasteiger charge is 2.36. The van der Waals surface area contributed by atoms with Crippen molar-refractivity contribution in [1.82, 2.24) is 18.8 Å². The van der Waals surface area contributed by atoms with Crippen molar-refractivity contribution in [1.29, 1.82) is 0 Å². The number of anilines is 1. The Morgan fingerprint density at radius 3 is 2.08 bits per heavy atom. The number of carbonyl (C=O) groups excluding carboxylic acids is 3. The first-order chi connectivity index (χ1) is 18.4. The Bertz CT molecular complexity index is 1150. The number of rotatable bonds is 7. The molecule has 1 saturated carbocycles. The van der Waals surface area contributed by atoms with Crippen molar-refractivity contribution in [3.05, 3.63) is 12.4 Å². The smallest absolute Gasteiger partial charge is 0.410 e. The Balaban J connectivity index is 1.54. The zero-order chi connectivity index (χ0) is 29.9. The molecule has 2 fully saturated rings. The number of nitrogens with one attached hydrogen (secondary N) is 1. The SMILES string of the molecule is CC(C)(C)OC(=O)CN(C1CCC(C(=O)Nc2nccn2C2CCN(C(=O)OC(C)(C)C)CC2)CC1)S(C)(=O)=O. The summed E-state index contributed by atoms with van der Waals surface area (Å²) in [6.07, 6.45) is 7.59. The van der Waals surface area contributed by atoms with Gasteiger partial charge in [0.1, 0.15) is 17.7 Å². The predicted octanol–water partition coefficient (Wildman–Crippen LogP) is 3.56. The van der Waals surface area contributed by atoms with Crippen LogP contribution in [0, 0.1) is 5.92 Å². The fourth-order valence-electron chi connectivity index (χ4n) is 5.21. The summed E-state index contributed by atoms with van der Waals surface area (Å²) in [6.45, 7) is 11.5. The third kappa shape index (κ3) is 9.18. The zero-order valence-corrected chi connectivity index (χ0v) is 25.6. The number of imidazole rings is 1. The fraction of sp³-hybridized carbons (Fsp3) is 0.778. The Labute approximate surface area is 237 Å². The maximum absolute atomic E-state index is 13.1. The molecule has 0 atom stereocenters. The van der Waals surface area contributed by atoms with Crippen LogP contribution in [0.3, 0.4) is 0 Å². The van der Waals surface area contributed by atoms with Crippen molar-refractivity contribution in [2.45, 2.75) is 103 Å². The zero-order valence-electron chi connectivity index (χ0n) is 24.8. The minimum atomic E-state index is -3.64. The monoisotopic (exact) mass is 583 g/mol. The van der Waals surface area contributed by atoms with E-state index in [-0.39, 0.29) is 36.5 Å². The second-order valence-electron chi connectivity index (χ2n) is 12.7. The molecule has 2 amide bonds. The molecule has 2 aliphatic rings. The van der Waals surface area contributed by atoms with Crippen LogP contribution >= 0.6 is 0 Å². The van der Waals surface area contributed by atoms with E-state index in [1.807, 2.05) is 31.5 Å². The quantitative estimate of drug-likeness (QED) is 0.481. The Morgan fingerprint density at radius 2 is 1.55 bits per heavy atom. The number of piperidine rings is 1. The molecule has 1 aromatic rings. The van der Waals surface area contributed by atoms with E-state index in [9.17, 15) is 22.8 Å². The topological polar surface area (TPSA) is 140 Å². The van der Waals surface area contributed by atoms with Gasteiger partial charge in [-0.05, 0) is 80.1 Å². The number of likely N-dealkylation sites (tertiary alicyclic amines) is 1. The summed E-state index contributed by atoms with van der Waals surface area (Å²) < 4.78 is 38.9. The lowest BCUT2D eigenvalue weighted by atomic mass is 9.85. The first-order valence-corrected chi connectivity index (χ1v) is 15.8. The molecule has 0 unspecified atom stereocenters. The summed E-state index contributed by atoms with van der Waals surface area (Å²) in [5.74, 6) is -0.583. The highest BCUT2D eigenvalue weighted by molar-refractivity contribution is 7.88. The van der Waals surface area contributed by atoms with Gasteiger partial charge in [-0.3, -0.25) is 14.9 Å². The summed E-state index contributed by atoms with van der Waals surface area (Å²) >= 11 is 0. The van der Waals surface area contributed by atoms with Crippen LogP contribution in [-0.4, -0.2) is 88.3 Å². The lowest BCUT2D eigenvalue weighted by Gasteiger charge is -2.35. The van der Waals surface area contributed by atoms with E-state index in [4.69, 9.17) is 9.47 Å². The minimum absolute atomic E-state index is 0.0865. The number of sulfonamides is 1. The van der Waals surface area contributed by atoms with Crippen molar-refractivity contribution in [3.8, 4) is 0 Å². The summed E-state index contributed by atoms with van der Waals surface area (Å²) in [4.78, 5) is 43.9. The standard InChI is InChI=1S/C27H45N5O7S/c1-26(2,3)38-22(33)18-32(40(7,36)37)21-10-8-19(9-11-21)23(34)29-24-28-14-17-31(24)20-12-15-30(16-13-20)25(35)39-27(4,5)6/h14,17,19-21H,8-13,15-16,18H2,1-7H3,(H,28,29,34). The molecule has 226 valence electrons.